The molecule has 0 aliphatic carbocycles. The van der Waals surface area contributed by atoms with Gasteiger partial charge in [-0.3, -0.25) is 0 Å². The monoisotopic (exact) mass is 276 g/mol. The fourth-order valence-corrected chi connectivity index (χ4v) is 1.50. The molecule has 0 saturated carbocycles. The van der Waals surface area contributed by atoms with Gasteiger partial charge in [-0.25, -0.2) is 18.0 Å². The predicted octanol–water partition coefficient (Wildman–Crippen LogP) is 2.39. The van der Waals surface area contributed by atoms with Gasteiger partial charge in [-0.05, 0) is 25.0 Å². The highest BCUT2D eigenvalue weighted by Crippen LogP contribution is 2.19. The lowest BCUT2D eigenvalue weighted by molar-refractivity contribution is 0.237. The summed E-state index contributed by atoms with van der Waals surface area (Å²) >= 11 is 0. The molecule has 0 aliphatic rings. The van der Waals surface area contributed by atoms with E-state index in [0.29, 0.717) is 12.8 Å². The lowest BCUT2D eigenvalue weighted by Gasteiger charge is -2.16. The van der Waals surface area contributed by atoms with E-state index in [-0.39, 0.29) is 12.6 Å². The van der Waals surface area contributed by atoms with Crippen molar-refractivity contribution in [3.63, 3.8) is 0 Å². The van der Waals surface area contributed by atoms with E-state index in [2.05, 4.69) is 10.6 Å². The van der Waals surface area contributed by atoms with Gasteiger partial charge in [0.1, 0.15) is 0 Å². The molecule has 0 saturated heterocycles. The van der Waals surface area contributed by atoms with Crippen LogP contribution in [0, 0.1) is 17.5 Å². The minimum atomic E-state index is -1.64. The number of carbonyl (C=O) groups is 1. The van der Waals surface area contributed by atoms with E-state index in [1.165, 1.54) is 0 Å². The van der Waals surface area contributed by atoms with Gasteiger partial charge in [-0.1, -0.05) is 6.92 Å². The Morgan fingerprint density at radius 1 is 1.32 bits per heavy atom. The Hall–Kier alpha value is -1.76. The molecule has 19 heavy (non-hydrogen) atoms. The Labute approximate surface area is 108 Å². The van der Waals surface area contributed by atoms with Crippen LogP contribution in [0.5, 0.6) is 0 Å². The van der Waals surface area contributed by atoms with Gasteiger partial charge in [0.15, 0.2) is 17.5 Å². The highest BCUT2D eigenvalue weighted by molar-refractivity contribution is 5.89. The zero-order chi connectivity index (χ0) is 14.4. The second-order valence-corrected chi connectivity index (χ2v) is 3.94. The molecule has 0 aromatic heterocycles. The molecule has 106 valence electrons. The van der Waals surface area contributed by atoms with E-state index in [1.807, 2.05) is 0 Å². The summed E-state index contributed by atoms with van der Waals surface area (Å²) in [5, 5.41) is 13.3. The predicted molar refractivity (Wildman–Crippen MR) is 64.3 cm³/mol. The largest absolute Gasteiger partial charge is 0.396 e. The summed E-state index contributed by atoms with van der Waals surface area (Å²) in [7, 11) is 0. The van der Waals surface area contributed by atoms with Crippen LogP contribution in [0.25, 0.3) is 0 Å². The lowest BCUT2D eigenvalue weighted by atomic mass is 10.2. The summed E-state index contributed by atoms with van der Waals surface area (Å²) < 4.78 is 38.9. The zero-order valence-electron chi connectivity index (χ0n) is 10.3. The third-order valence-corrected chi connectivity index (χ3v) is 2.59. The average molecular weight is 276 g/mol. The van der Waals surface area contributed by atoms with E-state index >= 15 is 0 Å². The van der Waals surface area contributed by atoms with Crippen LogP contribution >= 0.6 is 0 Å². The zero-order valence-corrected chi connectivity index (χ0v) is 10.3. The molecule has 1 aromatic rings. The first-order chi connectivity index (χ1) is 8.99. The van der Waals surface area contributed by atoms with Crippen LogP contribution in [-0.2, 0) is 0 Å². The maximum Gasteiger partial charge on any atom is 0.319 e. The molecular weight excluding hydrogens is 261 g/mol. The fraction of sp³-hybridized carbons (Fsp3) is 0.417. The Morgan fingerprint density at radius 3 is 2.58 bits per heavy atom. The van der Waals surface area contributed by atoms with Crippen LogP contribution in [-0.4, -0.2) is 23.8 Å². The third-order valence-electron chi connectivity index (χ3n) is 2.59. The number of nitrogens with one attached hydrogen (secondary N) is 2. The van der Waals surface area contributed by atoms with Crippen molar-refractivity contribution in [3.8, 4) is 0 Å². The van der Waals surface area contributed by atoms with Crippen LogP contribution in [0.2, 0.25) is 0 Å². The molecule has 0 aliphatic heterocycles. The standard InChI is InChI=1S/C12H15F3N2O2/c1-2-7(5-6-18)16-12(19)17-9-4-3-8(13)10(14)11(9)15/h3-4,7,18H,2,5-6H2,1H3,(H2,16,17,19). The Balaban J connectivity index is 2.69. The molecule has 1 atom stereocenters. The van der Waals surface area contributed by atoms with E-state index in [0.717, 1.165) is 12.1 Å². The molecule has 0 heterocycles. The van der Waals surface area contributed by atoms with Crippen LogP contribution in [0.3, 0.4) is 0 Å². The van der Waals surface area contributed by atoms with Crippen molar-refractivity contribution in [3.05, 3.63) is 29.6 Å². The number of hydrogen-bond acceptors (Lipinski definition) is 2. The Bertz CT molecular complexity index is 455. The van der Waals surface area contributed by atoms with Crippen molar-refractivity contribution in [2.24, 2.45) is 0 Å². The molecule has 0 radical (unpaired) electrons. The number of aliphatic hydroxyl groups is 1. The number of urea groups is 1. The lowest BCUT2D eigenvalue weighted by Crippen LogP contribution is -2.38. The van der Waals surface area contributed by atoms with Crippen LogP contribution in [0.1, 0.15) is 19.8 Å². The first-order valence-corrected chi connectivity index (χ1v) is 5.81. The van der Waals surface area contributed by atoms with Crippen molar-refractivity contribution < 1.29 is 23.1 Å². The molecule has 1 rings (SSSR count). The van der Waals surface area contributed by atoms with Crippen LogP contribution in [0.15, 0.2) is 12.1 Å². The topological polar surface area (TPSA) is 61.4 Å². The van der Waals surface area contributed by atoms with Gasteiger partial charge in [0, 0.05) is 12.6 Å². The van der Waals surface area contributed by atoms with Crippen LogP contribution in [0.4, 0.5) is 23.7 Å². The summed E-state index contributed by atoms with van der Waals surface area (Å²) in [6.07, 6.45) is 0.929. The summed E-state index contributed by atoms with van der Waals surface area (Å²) in [5.74, 6) is -4.42. The van der Waals surface area contributed by atoms with Crippen molar-refractivity contribution in [2.75, 3.05) is 11.9 Å². The van der Waals surface area contributed by atoms with E-state index < -0.39 is 29.2 Å². The number of hydrogen-bond donors (Lipinski definition) is 3. The smallest absolute Gasteiger partial charge is 0.319 e. The number of amides is 2. The van der Waals surface area contributed by atoms with Gasteiger partial charge in [0.2, 0.25) is 0 Å². The molecular formula is C12H15F3N2O2. The number of carbonyl (C=O) groups excluding carboxylic acids is 1. The van der Waals surface area contributed by atoms with E-state index in [9.17, 15) is 18.0 Å². The molecule has 0 fully saturated rings. The van der Waals surface area contributed by atoms with Crippen molar-refractivity contribution >= 4 is 11.7 Å². The number of benzene rings is 1. The molecule has 4 nitrogen and oxygen atoms in total. The summed E-state index contributed by atoms with van der Waals surface area (Å²) in [6.45, 7) is 1.71. The SMILES string of the molecule is CCC(CCO)NC(=O)Nc1ccc(F)c(F)c1F. The first kappa shape index (κ1) is 15.3. The van der Waals surface area contributed by atoms with Gasteiger partial charge in [0.25, 0.3) is 0 Å². The summed E-state index contributed by atoms with van der Waals surface area (Å²) in [4.78, 5) is 11.5. The van der Waals surface area contributed by atoms with Crippen molar-refractivity contribution in [2.45, 2.75) is 25.8 Å². The maximum atomic E-state index is 13.3. The third kappa shape index (κ3) is 4.13. The second-order valence-electron chi connectivity index (χ2n) is 3.94. The molecule has 1 aromatic carbocycles. The molecule has 2 amide bonds. The van der Waals surface area contributed by atoms with Gasteiger partial charge >= 0.3 is 6.03 Å². The normalized spacial score (nSPS) is 12.1. The van der Waals surface area contributed by atoms with E-state index in [1.54, 1.807) is 6.92 Å². The Kier molecular flexibility index (Phi) is 5.62. The molecule has 7 heteroatoms. The number of aliphatic hydroxyl groups excluding tert-OH is 1. The van der Waals surface area contributed by atoms with Gasteiger partial charge in [-0.2, -0.15) is 0 Å². The Morgan fingerprint density at radius 2 is 2.00 bits per heavy atom. The molecule has 3 N–H and O–H groups in total. The minimum absolute atomic E-state index is 0.0989. The molecule has 0 spiro atoms. The van der Waals surface area contributed by atoms with Crippen molar-refractivity contribution in [1.29, 1.82) is 0 Å². The highest BCUT2D eigenvalue weighted by Gasteiger charge is 2.16. The fourth-order valence-electron chi connectivity index (χ4n) is 1.50. The highest BCUT2D eigenvalue weighted by atomic mass is 19.2. The summed E-state index contributed by atoms with van der Waals surface area (Å²) in [5.41, 5.74) is -0.449. The number of rotatable bonds is 5. The maximum absolute atomic E-state index is 13.3. The number of halogens is 3. The average Bonchev–Trinajstić information content (AvgIpc) is 2.39. The van der Waals surface area contributed by atoms with Crippen LogP contribution < -0.4 is 10.6 Å². The molecule has 1 unspecified atom stereocenters. The quantitative estimate of drug-likeness (QED) is 0.723. The first-order valence-electron chi connectivity index (χ1n) is 5.81. The second kappa shape index (κ2) is 6.98. The van der Waals surface area contributed by atoms with Gasteiger partial charge in [-0.15, -0.1) is 0 Å². The van der Waals surface area contributed by atoms with Gasteiger partial charge < -0.3 is 15.7 Å². The number of anilines is 1. The van der Waals surface area contributed by atoms with Crippen molar-refractivity contribution in [1.82, 2.24) is 5.32 Å². The summed E-state index contributed by atoms with van der Waals surface area (Å²) in [6, 6.07) is 0.628. The minimum Gasteiger partial charge on any atom is -0.396 e. The molecule has 0 bridgehead atoms. The van der Waals surface area contributed by atoms with Gasteiger partial charge in [0.05, 0.1) is 5.69 Å². The van der Waals surface area contributed by atoms with E-state index in [4.69, 9.17) is 5.11 Å².